The predicted molar refractivity (Wildman–Crippen MR) is 82.5 cm³/mol. The van der Waals surface area contributed by atoms with Crippen molar-refractivity contribution in [2.24, 2.45) is 0 Å². The minimum absolute atomic E-state index is 0.259. The van der Waals surface area contributed by atoms with Crippen molar-refractivity contribution in [3.05, 3.63) is 59.9 Å². The summed E-state index contributed by atoms with van der Waals surface area (Å²) < 4.78 is 26.4. The van der Waals surface area contributed by atoms with Gasteiger partial charge in [0, 0.05) is 49.8 Å². The third-order valence-electron chi connectivity index (χ3n) is 3.98. The van der Waals surface area contributed by atoms with Crippen LogP contribution in [-0.4, -0.2) is 29.0 Å². The molecule has 1 aliphatic heterocycles. The maximum Gasteiger partial charge on any atom is 0.128 e. The molecule has 0 bridgehead atoms. The van der Waals surface area contributed by atoms with Crippen molar-refractivity contribution in [3.8, 4) is 0 Å². The molecule has 2 aromatic rings. The molecular formula is C17H19F2N3. The Hall–Kier alpha value is -2.01. The lowest BCUT2D eigenvalue weighted by Crippen LogP contribution is -2.38. The van der Waals surface area contributed by atoms with Gasteiger partial charge >= 0.3 is 0 Å². The summed E-state index contributed by atoms with van der Waals surface area (Å²) in [4.78, 5) is 6.41. The Labute approximate surface area is 129 Å². The van der Waals surface area contributed by atoms with Crippen LogP contribution in [0.25, 0.3) is 0 Å². The molecule has 5 heteroatoms. The number of nitrogens with zero attached hydrogens (tertiary/aromatic N) is 2. The van der Waals surface area contributed by atoms with E-state index >= 15 is 0 Å². The lowest BCUT2D eigenvalue weighted by Gasteiger charge is -2.32. The van der Waals surface area contributed by atoms with E-state index in [4.69, 9.17) is 0 Å². The van der Waals surface area contributed by atoms with Gasteiger partial charge in [-0.05, 0) is 42.7 Å². The fourth-order valence-corrected chi connectivity index (χ4v) is 2.85. The van der Waals surface area contributed by atoms with E-state index in [9.17, 15) is 8.78 Å². The fourth-order valence-electron chi connectivity index (χ4n) is 2.85. The molecule has 0 radical (unpaired) electrons. The van der Waals surface area contributed by atoms with E-state index in [1.807, 2.05) is 24.5 Å². The average Bonchev–Trinajstić information content (AvgIpc) is 2.49. The second-order valence-corrected chi connectivity index (χ2v) is 5.71. The minimum atomic E-state index is -0.544. The van der Waals surface area contributed by atoms with Crippen molar-refractivity contribution in [1.82, 2.24) is 9.88 Å². The third-order valence-corrected chi connectivity index (χ3v) is 3.98. The first-order chi connectivity index (χ1) is 10.7. The Morgan fingerprint density at radius 2 is 1.68 bits per heavy atom. The van der Waals surface area contributed by atoms with Crippen LogP contribution in [0.15, 0.2) is 42.7 Å². The second kappa shape index (κ2) is 6.83. The molecule has 0 spiro atoms. The van der Waals surface area contributed by atoms with Gasteiger partial charge in [-0.2, -0.15) is 0 Å². The minimum Gasteiger partial charge on any atom is -0.382 e. The largest absolute Gasteiger partial charge is 0.382 e. The smallest absolute Gasteiger partial charge is 0.128 e. The molecule has 0 atom stereocenters. The highest BCUT2D eigenvalue weighted by molar-refractivity contribution is 5.44. The highest BCUT2D eigenvalue weighted by Gasteiger charge is 2.19. The highest BCUT2D eigenvalue weighted by atomic mass is 19.1. The number of benzene rings is 1. The molecule has 1 aromatic carbocycles. The number of rotatable bonds is 4. The second-order valence-electron chi connectivity index (χ2n) is 5.71. The van der Waals surface area contributed by atoms with Gasteiger partial charge in [0.25, 0.3) is 0 Å². The van der Waals surface area contributed by atoms with Crippen LogP contribution in [0, 0.1) is 11.6 Å². The van der Waals surface area contributed by atoms with E-state index < -0.39 is 11.6 Å². The van der Waals surface area contributed by atoms with E-state index in [2.05, 4.69) is 15.2 Å². The molecule has 1 saturated heterocycles. The number of halogens is 2. The Kier molecular flexibility index (Phi) is 4.63. The number of aromatic nitrogens is 1. The first kappa shape index (κ1) is 14.9. The van der Waals surface area contributed by atoms with Crippen LogP contribution in [0.5, 0.6) is 0 Å². The molecule has 0 aliphatic carbocycles. The summed E-state index contributed by atoms with van der Waals surface area (Å²) >= 11 is 0. The quantitative estimate of drug-likeness (QED) is 0.938. The van der Waals surface area contributed by atoms with Crippen molar-refractivity contribution >= 4 is 5.69 Å². The molecule has 3 nitrogen and oxygen atoms in total. The van der Waals surface area contributed by atoms with Crippen LogP contribution in [0.1, 0.15) is 18.4 Å². The summed E-state index contributed by atoms with van der Waals surface area (Å²) in [6.07, 6.45) is 5.54. The molecule has 0 saturated carbocycles. The van der Waals surface area contributed by atoms with Crippen LogP contribution in [0.3, 0.4) is 0 Å². The van der Waals surface area contributed by atoms with Gasteiger partial charge in [0.05, 0.1) is 0 Å². The molecule has 3 rings (SSSR count). The summed E-state index contributed by atoms with van der Waals surface area (Å²) in [5, 5.41) is 3.23. The Morgan fingerprint density at radius 3 is 2.32 bits per heavy atom. The van der Waals surface area contributed by atoms with Crippen molar-refractivity contribution in [1.29, 1.82) is 0 Å². The number of anilines is 1. The zero-order valence-corrected chi connectivity index (χ0v) is 12.3. The molecule has 0 unspecified atom stereocenters. The van der Waals surface area contributed by atoms with Crippen LogP contribution < -0.4 is 5.32 Å². The van der Waals surface area contributed by atoms with Gasteiger partial charge in [-0.15, -0.1) is 0 Å². The molecule has 1 aliphatic rings. The fraction of sp³-hybridized carbons (Fsp3) is 0.353. The molecule has 22 heavy (non-hydrogen) atoms. The number of hydrogen-bond donors (Lipinski definition) is 1. The Balaban J connectivity index is 1.51. The number of pyridine rings is 1. The topological polar surface area (TPSA) is 28.2 Å². The Morgan fingerprint density at radius 1 is 1.05 bits per heavy atom. The summed E-state index contributed by atoms with van der Waals surface area (Å²) in [6, 6.07) is 7.89. The number of nitrogens with one attached hydrogen (secondary N) is 1. The molecule has 1 fully saturated rings. The number of likely N-dealkylation sites (tertiary alicyclic amines) is 1. The number of hydrogen-bond acceptors (Lipinski definition) is 3. The van der Waals surface area contributed by atoms with E-state index in [0.29, 0.717) is 5.69 Å². The molecule has 116 valence electrons. The highest BCUT2D eigenvalue weighted by Crippen LogP contribution is 2.19. The van der Waals surface area contributed by atoms with E-state index in [-0.39, 0.29) is 6.04 Å². The van der Waals surface area contributed by atoms with Crippen LogP contribution >= 0.6 is 0 Å². The van der Waals surface area contributed by atoms with E-state index in [0.717, 1.165) is 38.5 Å². The predicted octanol–water partition coefficient (Wildman–Crippen LogP) is 3.44. The van der Waals surface area contributed by atoms with Gasteiger partial charge < -0.3 is 5.32 Å². The van der Waals surface area contributed by atoms with Crippen molar-refractivity contribution in [2.45, 2.75) is 25.4 Å². The monoisotopic (exact) mass is 303 g/mol. The molecule has 0 amide bonds. The summed E-state index contributed by atoms with van der Waals surface area (Å²) in [7, 11) is 0. The maximum absolute atomic E-state index is 13.2. The van der Waals surface area contributed by atoms with Crippen molar-refractivity contribution in [2.75, 3.05) is 18.4 Å². The zero-order valence-electron chi connectivity index (χ0n) is 12.3. The zero-order chi connectivity index (χ0) is 15.4. The van der Waals surface area contributed by atoms with E-state index in [1.165, 1.54) is 17.7 Å². The number of piperidine rings is 1. The average molecular weight is 303 g/mol. The van der Waals surface area contributed by atoms with Gasteiger partial charge in [-0.25, -0.2) is 8.78 Å². The van der Waals surface area contributed by atoms with Gasteiger partial charge in [-0.3, -0.25) is 9.88 Å². The Bertz CT molecular complexity index is 590. The summed E-state index contributed by atoms with van der Waals surface area (Å²) in [6.45, 7) is 2.86. The van der Waals surface area contributed by atoms with Crippen LogP contribution in [0.2, 0.25) is 0 Å². The molecular weight excluding hydrogens is 284 g/mol. The SMILES string of the molecule is Fc1cc(F)cc(NC2CCN(Cc3ccncc3)CC2)c1. The lowest BCUT2D eigenvalue weighted by atomic mass is 10.0. The molecule has 1 N–H and O–H groups in total. The molecule has 1 aromatic heterocycles. The van der Waals surface area contributed by atoms with E-state index in [1.54, 1.807) is 0 Å². The molecule has 2 heterocycles. The summed E-state index contributed by atoms with van der Waals surface area (Å²) in [5.74, 6) is -1.09. The van der Waals surface area contributed by atoms with Gasteiger partial charge in [0.15, 0.2) is 0 Å². The van der Waals surface area contributed by atoms with Crippen LogP contribution in [-0.2, 0) is 6.54 Å². The standard InChI is InChI=1S/C17H19F2N3/c18-14-9-15(19)11-17(10-14)21-16-3-7-22(8-4-16)12-13-1-5-20-6-2-13/h1-2,5-6,9-11,16,21H,3-4,7-8,12H2. The lowest BCUT2D eigenvalue weighted by molar-refractivity contribution is 0.211. The first-order valence-electron chi connectivity index (χ1n) is 7.53. The normalized spacial score (nSPS) is 16.6. The van der Waals surface area contributed by atoms with Crippen LogP contribution in [0.4, 0.5) is 14.5 Å². The van der Waals surface area contributed by atoms with Gasteiger partial charge in [-0.1, -0.05) is 0 Å². The maximum atomic E-state index is 13.2. The summed E-state index contributed by atoms with van der Waals surface area (Å²) in [5.41, 5.74) is 1.78. The van der Waals surface area contributed by atoms with Crippen molar-refractivity contribution in [3.63, 3.8) is 0 Å². The third kappa shape index (κ3) is 4.01. The van der Waals surface area contributed by atoms with Crippen molar-refractivity contribution < 1.29 is 8.78 Å². The van der Waals surface area contributed by atoms with Gasteiger partial charge in [0.1, 0.15) is 11.6 Å². The first-order valence-corrected chi connectivity index (χ1v) is 7.53. The van der Waals surface area contributed by atoms with Gasteiger partial charge in [0.2, 0.25) is 0 Å².